The van der Waals surface area contributed by atoms with Crippen LogP contribution in [-0.4, -0.2) is 36.1 Å². The molecule has 0 aromatic heterocycles. The van der Waals surface area contributed by atoms with Crippen LogP contribution in [0.5, 0.6) is 0 Å². The number of carbonyl (C=O) groups excluding carboxylic acids is 2. The Bertz CT molecular complexity index is 299. The van der Waals surface area contributed by atoms with E-state index in [2.05, 4.69) is 11.9 Å². The number of alkyl carbamates (subject to hydrolysis) is 1. The molecule has 0 aliphatic rings. The van der Waals surface area contributed by atoms with Crippen molar-refractivity contribution in [3.63, 3.8) is 0 Å². The summed E-state index contributed by atoms with van der Waals surface area (Å²) in [7, 11) is 0. The Kier molecular flexibility index (Phi) is 7.50. The third-order valence-corrected chi connectivity index (χ3v) is 2.40. The molecule has 6 heteroatoms. The van der Waals surface area contributed by atoms with Crippen molar-refractivity contribution in [2.45, 2.75) is 39.3 Å². The molecule has 0 radical (unpaired) electrons. The molecule has 0 aromatic rings. The predicted molar refractivity (Wildman–Crippen MR) is 72.4 cm³/mol. The first-order valence-electron chi connectivity index (χ1n) is 5.68. The number of thioether (sulfide) groups is 1. The fourth-order valence-corrected chi connectivity index (χ4v) is 1.57. The van der Waals surface area contributed by atoms with Crippen molar-refractivity contribution in [2.75, 3.05) is 12.4 Å². The van der Waals surface area contributed by atoms with Gasteiger partial charge in [-0.05, 0) is 33.1 Å². The molecule has 0 rings (SSSR count). The fraction of sp³-hybridized carbons (Fsp3) is 0.667. The number of rotatable bonds is 6. The van der Waals surface area contributed by atoms with E-state index in [1.54, 1.807) is 33.1 Å². The molecule has 0 fully saturated rings. The second kappa shape index (κ2) is 8.02. The molecule has 1 amide bonds. The lowest BCUT2D eigenvalue weighted by molar-refractivity contribution is -0.144. The Labute approximate surface area is 112 Å². The highest BCUT2D eigenvalue weighted by molar-refractivity contribution is 8.02. The monoisotopic (exact) mass is 275 g/mol. The van der Waals surface area contributed by atoms with E-state index < -0.39 is 23.7 Å². The van der Waals surface area contributed by atoms with Crippen molar-refractivity contribution in [1.29, 1.82) is 0 Å². The van der Waals surface area contributed by atoms with Crippen LogP contribution in [0, 0.1) is 0 Å². The number of hydrogen-bond donors (Lipinski definition) is 1. The quantitative estimate of drug-likeness (QED) is 0.754. The molecule has 1 N–H and O–H groups in total. The van der Waals surface area contributed by atoms with Gasteiger partial charge in [-0.25, -0.2) is 9.59 Å². The van der Waals surface area contributed by atoms with E-state index in [0.717, 1.165) is 0 Å². The zero-order valence-corrected chi connectivity index (χ0v) is 12.1. The van der Waals surface area contributed by atoms with Crippen molar-refractivity contribution in [2.24, 2.45) is 0 Å². The first-order valence-corrected chi connectivity index (χ1v) is 6.73. The van der Waals surface area contributed by atoms with E-state index in [1.165, 1.54) is 11.8 Å². The number of hydrogen-bond acceptors (Lipinski definition) is 5. The van der Waals surface area contributed by atoms with E-state index in [9.17, 15) is 9.59 Å². The maximum atomic E-state index is 11.6. The van der Waals surface area contributed by atoms with Gasteiger partial charge in [0.1, 0.15) is 11.6 Å². The van der Waals surface area contributed by atoms with Gasteiger partial charge in [0.15, 0.2) is 0 Å². The van der Waals surface area contributed by atoms with E-state index in [1.807, 2.05) is 0 Å². The normalized spacial score (nSPS) is 12.4. The highest BCUT2D eigenvalue weighted by Gasteiger charge is 2.24. The summed E-state index contributed by atoms with van der Waals surface area (Å²) in [4.78, 5) is 23.2. The lowest BCUT2D eigenvalue weighted by Crippen LogP contribution is -2.45. The maximum Gasteiger partial charge on any atom is 0.408 e. The van der Waals surface area contributed by atoms with Gasteiger partial charge in [0, 0.05) is 5.75 Å². The van der Waals surface area contributed by atoms with Crippen molar-refractivity contribution in [3.8, 4) is 0 Å². The molecule has 0 unspecified atom stereocenters. The number of amides is 1. The van der Waals surface area contributed by atoms with Crippen LogP contribution in [-0.2, 0) is 14.3 Å². The Hall–Kier alpha value is -1.17. The lowest BCUT2D eigenvalue weighted by atomic mass is 10.2. The van der Waals surface area contributed by atoms with Gasteiger partial charge < -0.3 is 14.8 Å². The second-order valence-corrected chi connectivity index (χ2v) is 5.45. The highest BCUT2D eigenvalue weighted by atomic mass is 32.2. The van der Waals surface area contributed by atoms with Crippen LogP contribution < -0.4 is 5.32 Å². The van der Waals surface area contributed by atoms with E-state index in [-0.39, 0.29) is 6.61 Å². The van der Waals surface area contributed by atoms with Gasteiger partial charge in [0.2, 0.25) is 0 Å². The van der Waals surface area contributed by atoms with Crippen LogP contribution in [0.15, 0.2) is 12.0 Å². The summed E-state index contributed by atoms with van der Waals surface area (Å²) >= 11 is 1.32. The molecule has 0 aromatic carbocycles. The Morgan fingerprint density at radius 1 is 1.44 bits per heavy atom. The van der Waals surface area contributed by atoms with Crippen LogP contribution in [0.2, 0.25) is 0 Å². The summed E-state index contributed by atoms with van der Waals surface area (Å²) in [5, 5.41) is 4.09. The third-order valence-electron chi connectivity index (χ3n) is 1.64. The van der Waals surface area contributed by atoms with E-state index in [0.29, 0.717) is 5.75 Å². The standard InChI is InChI=1S/C12H21NO4S/c1-6-16-10(14)9(8-18-7-2)13-11(15)17-12(3,4)5/h7,9H,2,6,8H2,1,3-5H3,(H,13,15)/t9-/m0/s1. The van der Waals surface area contributed by atoms with Crippen molar-refractivity contribution in [3.05, 3.63) is 12.0 Å². The fourth-order valence-electron chi connectivity index (χ4n) is 1.03. The van der Waals surface area contributed by atoms with Gasteiger partial charge in [-0.3, -0.25) is 0 Å². The second-order valence-electron chi connectivity index (χ2n) is 4.45. The summed E-state index contributed by atoms with van der Waals surface area (Å²) in [5.74, 6) is -0.112. The topological polar surface area (TPSA) is 64.6 Å². The average Bonchev–Trinajstić information content (AvgIpc) is 2.21. The first-order chi connectivity index (χ1) is 8.30. The smallest absolute Gasteiger partial charge is 0.408 e. The zero-order chi connectivity index (χ0) is 14.2. The predicted octanol–water partition coefficient (Wildman–Crippen LogP) is 2.32. The molecule has 0 saturated heterocycles. The summed E-state index contributed by atoms with van der Waals surface area (Å²) in [6.45, 7) is 10.8. The molecular weight excluding hydrogens is 254 g/mol. The first kappa shape index (κ1) is 16.8. The number of ether oxygens (including phenoxy) is 2. The Morgan fingerprint density at radius 3 is 2.50 bits per heavy atom. The highest BCUT2D eigenvalue weighted by Crippen LogP contribution is 2.09. The Balaban J connectivity index is 4.43. The van der Waals surface area contributed by atoms with Crippen LogP contribution in [0.25, 0.3) is 0 Å². The van der Waals surface area contributed by atoms with E-state index in [4.69, 9.17) is 9.47 Å². The minimum Gasteiger partial charge on any atom is -0.464 e. The van der Waals surface area contributed by atoms with Gasteiger partial charge >= 0.3 is 12.1 Å². The lowest BCUT2D eigenvalue weighted by Gasteiger charge is -2.22. The Morgan fingerprint density at radius 2 is 2.06 bits per heavy atom. The summed E-state index contributed by atoms with van der Waals surface area (Å²) in [5.41, 5.74) is -0.602. The van der Waals surface area contributed by atoms with Crippen molar-refractivity contribution >= 4 is 23.8 Å². The molecule has 0 heterocycles. The minimum atomic E-state index is -0.734. The molecular formula is C12H21NO4S. The van der Waals surface area contributed by atoms with Crippen LogP contribution in [0.1, 0.15) is 27.7 Å². The average molecular weight is 275 g/mol. The number of carbonyl (C=O) groups is 2. The van der Waals surface area contributed by atoms with Gasteiger partial charge in [-0.15, -0.1) is 11.8 Å². The summed E-state index contributed by atoms with van der Waals surface area (Å²) in [6, 6.07) is -0.734. The van der Waals surface area contributed by atoms with Crippen molar-refractivity contribution in [1.82, 2.24) is 5.32 Å². The van der Waals surface area contributed by atoms with Crippen LogP contribution >= 0.6 is 11.8 Å². The van der Waals surface area contributed by atoms with E-state index >= 15 is 0 Å². The number of esters is 1. The summed E-state index contributed by atoms with van der Waals surface area (Å²) in [6.07, 6.45) is -0.634. The molecule has 104 valence electrons. The molecule has 0 bridgehead atoms. The SMILES string of the molecule is C=CSC[C@H](NC(=O)OC(C)(C)C)C(=O)OCC. The van der Waals surface area contributed by atoms with Gasteiger partial charge in [-0.1, -0.05) is 6.58 Å². The molecule has 0 spiro atoms. The molecule has 0 aliphatic heterocycles. The third kappa shape index (κ3) is 8.00. The van der Waals surface area contributed by atoms with Crippen molar-refractivity contribution < 1.29 is 19.1 Å². The minimum absolute atomic E-state index is 0.268. The maximum absolute atomic E-state index is 11.6. The summed E-state index contributed by atoms with van der Waals surface area (Å²) < 4.78 is 9.96. The zero-order valence-electron chi connectivity index (χ0n) is 11.3. The van der Waals surface area contributed by atoms with Crippen LogP contribution in [0.3, 0.4) is 0 Å². The van der Waals surface area contributed by atoms with Gasteiger partial charge in [0.25, 0.3) is 0 Å². The van der Waals surface area contributed by atoms with Gasteiger partial charge in [0.05, 0.1) is 6.61 Å². The number of nitrogens with one attached hydrogen (secondary N) is 1. The molecule has 18 heavy (non-hydrogen) atoms. The molecule has 0 saturated carbocycles. The van der Waals surface area contributed by atoms with Crippen LogP contribution in [0.4, 0.5) is 4.79 Å². The molecule has 1 atom stereocenters. The largest absolute Gasteiger partial charge is 0.464 e. The van der Waals surface area contributed by atoms with Gasteiger partial charge in [-0.2, -0.15) is 0 Å². The molecule has 5 nitrogen and oxygen atoms in total. The molecule has 0 aliphatic carbocycles.